The molecule has 1 aromatic carbocycles. The second-order valence-corrected chi connectivity index (χ2v) is 9.52. The van der Waals surface area contributed by atoms with Crippen molar-refractivity contribution in [2.24, 2.45) is 11.3 Å². The van der Waals surface area contributed by atoms with Crippen molar-refractivity contribution >= 4 is 27.5 Å². The first-order valence-electron chi connectivity index (χ1n) is 8.73. The molecule has 0 aliphatic carbocycles. The van der Waals surface area contributed by atoms with Gasteiger partial charge in [-0.3, -0.25) is 9.59 Å². The summed E-state index contributed by atoms with van der Waals surface area (Å²) in [6, 6.07) is 6.10. The predicted octanol–water partition coefficient (Wildman–Crippen LogP) is 1.23. The zero-order chi connectivity index (χ0) is 19.1. The molecule has 1 atom stereocenters. The summed E-state index contributed by atoms with van der Waals surface area (Å²) in [6.45, 7) is 4.44. The number of sulfonamides is 1. The van der Waals surface area contributed by atoms with Crippen molar-refractivity contribution < 1.29 is 23.1 Å². The summed E-state index contributed by atoms with van der Waals surface area (Å²) < 4.78 is 25.5. The molecule has 142 valence electrons. The van der Waals surface area contributed by atoms with Gasteiger partial charge in [0.1, 0.15) is 0 Å². The molecule has 1 unspecified atom stereocenters. The minimum Gasteiger partial charge on any atom is -0.396 e. The van der Waals surface area contributed by atoms with Crippen molar-refractivity contribution in [3.63, 3.8) is 0 Å². The Morgan fingerprint density at radius 1 is 1.27 bits per heavy atom. The number of anilines is 1. The van der Waals surface area contributed by atoms with Crippen molar-refractivity contribution in [1.82, 2.24) is 4.90 Å². The summed E-state index contributed by atoms with van der Waals surface area (Å²) >= 11 is 0. The van der Waals surface area contributed by atoms with Crippen LogP contribution < -0.4 is 4.31 Å². The minimum absolute atomic E-state index is 0.0629. The Morgan fingerprint density at radius 2 is 1.92 bits per heavy atom. The summed E-state index contributed by atoms with van der Waals surface area (Å²) in [5, 5.41) is 9.30. The summed E-state index contributed by atoms with van der Waals surface area (Å²) in [5.74, 6) is -0.735. The van der Waals surface area contributed by atoms with Crippen LogP contribution in [0.25, 0.3) is 0 Å². The van der Waals surface area contributed by atoms with Gasteiger partial charge in [-0.05, 0) is 56.9 Å². The van der Waals surface area contributed by atoms with E-state index in [1.54, 1.807) is 30.9 Å². The molecular formula is C18H24N2O5S. The van der Waals surface area contributed by atoms with Gasteiger partial charge in [-0.1, -0.05) is 0 Å². The van der Waals surface area contributed by atoms with Crippen molar-refractivity contribution in [2.75, 3.05) is 29.8 Å². The minimum atomic E-state index is -3.70. The molecule has 26 heavy (non-hydrogen) atoms. The number of aliphatic hydroxyl groups is 1. The number of hydrogen-bond donors (Lipinski definition) is 1. The maximum Gasteiger partial charge on any atom is 0.253 e. The Labute approximate surface area is 153 Å². The van der Waals surface area contributed by atoms with E-state index in [1.165, 1.54) is 12.1 Å². The van der Waals surface area contributed by atoms with Gasteiger partial charge in [0.05, 0.1) is 16.9 Å². The lowest BCUT2D eigenvalue weighted by molar-refractivity contribution is -0.123. The molecule has 2 aliphatic rings. The van der Waals surface area contributed by atoms with E-state index in [2.05, 4.69) is 0 Å². The second-order valence-electron chi connectivity index (χ2n) is 7.70. The SMILES string of the molecule is CC1(C)CS(=O)(=O)N(c2ccc(C(=O)N3CCCC(CO)C3)cc2)C1=O. The average molecular weight is 380 g/mol. The van der Waals surface area contributed by atoms with Crippen LogP contribution in [0.2, 0.25) is 0 Å². The largest absolute Gasteiger partial charge is 0.396 e. The number of carbonyl (C=O) groups is 2. The zero-order valence-electron chi connectivity index (χ0n) is 15.0. The van der Waals surface area contributed by atoms with E-state index >= 15 is 0 Å². The lowest BCUT2D eigenvalue weighted by atomic mass is 9.95. The Hall–Kier alpha value is -1.93. The highest BCUT2D eigenvalue weighted by atomic mass is 32.2. The fraction of sp³-hybridized carbons (Fsp3) is 0.556. The van der Waals surface area contributed by atoms with E-state index in [0.29, 0.717) is 18.7 Å². The highest BCUT2D eigenvalue weighted by Gasteiger charge is 2.49. The number of rotatable bonds is 3. The summed E-state index contributed by atoms with van der Waals surface area (Å²) in [4.78, 5) is 26.8. The Balaban J connectivity index is 1.81. The van der Waals surface area contributed by atoms with Gasteiger partial charge in [-0.15, -0.1) is 0 Å². The topological polar surface area (TPSA) is 95.0 Å². The first-order chi connectivity index (χ1) is 12.2. The van der Waals surface area contributed by atoms with E-state index in [9.17, 15) is 23.1 Å². The number of likely N-dealkylation sites (tertiary alicyclic amines) is 1. The Kier molecular flexibility index (Phi) is 4.83. The van der Waals surface area contributed by atoms with Crippen LogP contribution >= 0.6 is 0 Å². The van der Waals surface area contributed by atoms with E-state index in [0.717, 1.165) is 17.1 Å². The number of nitrogens with zero attached hydrogens (tertiary/aromatic N) is 2. The number of carbonyl (C=O) groups excluding carboxylic acids is 2. The monoisotopic (exact) mass is 380 g/mol. The maximum atomic E-state index is 12.6. The van der Waals surface area contributed by atoms with Crippen LogP contribution in [0.15, 0.2) is 24.3 Å². The molecule has 3 rings (SSSR count). The number of benzene rings is 1. The van der Waals surface area contributed by atoms with Gasteiger partial charge in [0.15, 0.2) is 0 Å². The maximum absolute atomic E-state index is 12.6. The molecule has 0 saturated carbocycles. The molecule has 2 fully saturated rings. The molecule has 1 aromatic rings. The number of aliphatic hydroxyl groups excluding tert-OH is 1. The lowest BCUT2D eigenvalue weighted by Gasteiger charge is -2.32. The van der Waals surface area contributed by atoms with Crippen LogP contribution in [0.4, 0.5) is 5.69 Å². The van der Waals surface area contributed by atoms with Gasteiger partial charge in [-0.2, -0.15) is 0 Å². The molecule has 2 heterocycles. The normalized spacial score (nSPS) is 24.7. The third-order valence-corrected chi connectivity index (χ3v) is 7.02. The molecule has 7 nitrogen and oxygen atoms in total. The highest BCUT2D eigenvalue weighted by Crippen LogP contribution is 2.35. The summed E-state index contributed by atoms with van der Waals surface area (Å²) in [6.07, 6.45) is 1.76. The molecule has 0 spiro atoms. The van der Waals surface area contributed by atoms with Gasteiger partial charge in [-0.25, -0.2) is 12.7 Å². The predicted molar refractivity (Wildman–Crippen MR) is 97.2 cm³/mol. The van der Waals surface area contributed by atoms with Gasteiger partial charge >= 0.3 is 0 Å². The molecule has 2 amide bonds. The first-order valence-corrected chi connectivity index (χ1v) is 10.3. The third-order valence-electron chi connectivity index (χ3n) is 5.00. The molecule has 0 aromatic heterocycles. The zero-order valence-corrected chi connectivity index (χ0v) is 15.8. The molecule has 2 aliphatic heterocycles. The van der Waals surface area contributed by atoms with Crippen molar-refractivity contribution in [2.45, 2.75) is 26.7 Å². The number of amides is 2. The first kappa shape index (κ1) is 18.8. The molecule has 8 heteroatoms. The summed E-state index contributed by atoms with van der Waals surface area (Å²) in [5.41, 5.74) is -0.264. The van der Waals surface area contributed by atoms with Crippen molar-refractivity contribution in [3.8, 4) is 0 Å². The van der Waals surface area contributed by atoms with E-state index in [1.807, 2.05) is 0 Å². The molecule has 2 saturated heterocycles. The van der Waals surface area contributed by atoms with Crippen molar-refractivity contribution in [1.29, 1.82) is 0 Å². The van der Waals surface area contributed by atoms with Crippen LogP contribution in [-0.4, -0.2) is 55.7 Å². The third kappa shape index (κ3) is 3.35. The van der Waals surface area contributed by atoms with Gasteiger partial charge in [0.25, 0.3) is 5.91 Å². The van der Waals surface area contributed by atoms with Crippen LogP contribution in [-0.2, 0) is 14.8 Å². The molecule has 0 radical (unpaired) electrons. The molecular weight excluding hydrogens is 356 g/mol. The van der Waals surface area contributed by atoms with Gasteiger partial charge < -0.3 is 10.0 Å². The molecule has 0 bridgehead atoms. The van der Waals surface area contributed by atoms with E-state index in [4.69, 9.17) is 0 Å². The van der Waals surface area contributed by atoms with Crippen LogP contribution in [0.1, 0.15) is 37.0 Å². The summed E-state index contributed by atoms with van der Waals surface area (Å²) in [7, 11) is -3.70. The quantitative estimate of drug-likeness (QED) is 0.851. The molecule has 1 N–H and O–H groups in total. The Bertz CT molecular complexity index is 816. The fourth-order valence-electron chi connectivity index (χ4n) is 3.58. The second kappa shape index (κ2) is 6.66. The number of hydrogen-bond acceptors (Lipinski definition) is 5. The van der Waals surface area contributed by atoms with E-state index < -0.39 is 21.3 Å². The Morgan fingerprint density at radius 3 is 2.46 bits per heavy atom. The smallest absolute Gasteiger partial charge is 0.253 e. The van der Waals surface area contributed by atoms with Crippen LogP contribution in [0.3, 0.4) is 0 Å². The highest BCUT2D eigenvalue weighted by molar-refractivity contribution is 7.94. The van der Waals surface area contributed by atoms with Gasteiger partial charge in [0, 0.05) is 25.3 Å². The van der Waals surface area contributed by atoms with Crippen molar-refractivity contribution in [3.05, 3.63) is 29.8 Å². The van der Waals surface area contributed by atoms with E-state index in [-0.39, 0.29) is 29.9 Å². The standard InChI is InChI=1S/C18H24N2O5S/c1-18(2)12-26(24,25)20(17(18)23)15-7-5-14(6-8-15)16(22)19-9-3-4-13(10-19)11-21/h5-8,13,21H,3-4,9-12H2,1-2H3. The fourth-order valence-corrected chi connectivity index (χ4v) is 5.69. The number of piperidine rings is 1. The lowest BCUT2D eigenvalue weighted by Crippen LogP contribution is -2.41. The van der Waals surface area contributed by atoms with Crippen LogP contribution in [0.5, 0.6) is 0 Å². The van der Waals surface area contributed by atoms with Crippen LogP contribution in [0, 0.1) is 11.3 Å². The average Bonchev–Trinajstić information content (AvgIpc) is 2.77. The van der Waals surface area contributed by atoms with Gasteiger partial charge in [0.2, 0.25) is 15.9 Å².